The number of carboxylic acids is 1. The number of benzene rings is 3. The first-order valence-electron chi connectivity index (χ1n) is 14.3. The highest BCUT2D eigenvalue weighted by molar-refractivity contribution is 6.34. The summed E-state index contributed by atoms with van der Waals surface area (Å²) in [6.07, 6.45) is -0.00805. The van der Waals surface area contributed by atoms with E-state index in [1.54, 1.807) is 30.0 Å². The van der Waals surface area contributed by atoms with Gasteiger partial charge in [-0.3, -0.25) is 0 Å². The van der Waals surface area contributed by atoms with Gasteiger partial charge in [0.2, 0.25) is 0 Å². The zero-order chi connectivity index (χ0) is 31.4. The van der Waals surface area contributed by atoms with E-state index >= 15 is 0 Å². The summed E-state index contributed by atoms with van der Waals surface area (Å²) in [5.41, 5.74) is 5.75. The van der Waals surface area contributed by atoms with Crippen molar-refractivity contribution < 1.29 is 28.9 Å². The third-order valence-electron chi connectivity index (χ3n) is 6.89. The van der Waals surface area contributed by atoms with Crippen LogP contribution in [0.2, 0.25) is 10.0 Å². The van der Waals surface area contributed by atoms with Crippen molar-refractivity contribution in [1.82, 2.24) is 4.90 Å². The number of rotatable bonds is 16. The van der Waals surface area contributed by atoms with Gasteiger partial charge in [0.25, 0.3) is 0 Å². The smallest absolute Gasteiger partial charge is 0.333 e. The van der Waals surface area contributed by atoms with Crippen LogP contribution in [0.25, 0.3) is 0 Å². The molecule has 0 radical (unpaired) electrons. The number of nitrogens with one attached hydrogen (secondary N) is 1. The minimum absolute atomic E-state index is 0.220. The fourth-order valence-corrected chi connectivity index (χ4v) is 5.05. The summed E-state index contributed by atoms with van der Waals surface area (Å²) in [6, 6.07) is 16.3. The van der Waals surface area contributed by atoms with E-state index in [0.29, 0.717) is 55.1 Å². The van der Waals surface area contributed by atoms with Crippen molar-refractivity contribution in [3.8, 4) is 5.75 Å². The Bertz CT molecular complexity index is 1350. The number of carbonyl (C=O) groups is 2. The molecule has 2 N–H and O–H groups in total. The normalized spacial score (nSPS) is 11.7. The van der Waals surface area contributed by atoms with E-state index in [1.165, 1.54) is 5.56 Å². The Morgan fingerprint density at radius 3 is 2.21 bits per heavy atom. The third kappa shape index (κ3) is 11.4. The number of carbonyl (C=O) groups excluding carboxylic acids is 1. The maximum Gasteiger partial charge on any atom is 0.333 e. The van der Waals surface area contributed by atoms with Gasteiger partial charge >= 0.3 is 12.0 Å². The lowest BCUT2D eigenvalue weighted by Crippen LogP contribution is -2.39. The van der Waals surface area contributed by atoms with Crippen molar-refractivity contribution >= 4 is 40.9 Å². The second kappa shape index (κ2) is 17.1. The molecule has 1 atom stereocenters. The highest BCUT2D eigenvalue weighted by Gasteiger charge is 2.18. The first kappa shape index (κ1) is 34.2. The van der Waals surface area contributed by atoms with Gasteiger partial charge in [0.15, 0.2) is 6.10 Å². The molecule has 0 heterocycles. The summed E-state index contributed by atoms with van der Waals surface area (Å²) in [5.74, 6) is -0.364. The van der Waals surface area contributed by atoms with E-state index in [0.717, 1.165) is 27.9 Å². The Morgan fingerprint density at radius 1 is 0.884 bits per heavy atom. The largest absolute Gasteiger partial charge is 0.492 e. The van der Waals surface area contributed by atoms with Crippen LogP contribution in [-0.4, -0.2) is 61.0 Å². The molecule has 0 spiro atoms. The molecular weight excluding hydrogens is 591 g/mol. The Balaban J connectivity index is 1.57. The fourth-order valence-electron chi connectivity index (χ4n) is 4.47. The van der Waals surface area contributed by atoms with Crippen LogP contribution in [0.3, 0.4) is 0 Å². The lowest BCUT2D eigenvalue weighted by atomic mass is 10.1. The maximum absolute atomic E-state index is 13.3. The van der Waals surface area contributed by atoms with Gasteiger partial charge in [-0.2, -0.15) is 0 Å². The summed E-state index contributed by atoms with van der Waals surface area (Å²) in [5, 5.41) is 13.5. The number of carboxylic acid groups (broad SMARTS) is 1. The highest BCUT2D eigenvalue weighted by atomic mass is 35.5. The van der Waals surface area contributed by atoms with E-state index in [1.807, 2.05) is 51.1 Å². The molecule has 0 aliphatic carbocycles. The minimum atomic E-state index is -0.990. The molecular formula is C33H40Cl2N2O6. The molecule has 3 aromatic rings. The number of aryl methyl sites for hydroxylation is 3. The number of hydrogen-bond acceptors (Lipinski definition) is 5. The zero-order valence-corrected chi connectivity index (χ0v) is 26.6. The number of aliphatic carboxylic acids is 1. The predicted molar refractivity (Wildman–Crippen MR) is 171 cm³/mol. The number of nitrogens with zero attached hydrogens (tertiary/aromatic N) is 1. The second-order valence-electron chi connectivity index (χ2n) is 10.3. The van der Waals surface area contributed by atoms with Crippen molar-refractivity contribution in [1.29, 1.82) is 0 Å². The Labute approximate surface area is 263 Å². The van der Waals surface area contributed by atoms with E-state index in [-0.39, 0.29) is 19.1 Å². The van der Waals surface area contributed by atoms with Crippen molar-refractivity contribution in [3.63, 3.8) is 0 Å². The Hall–Kier alpha value is -3.30. The van der Waals surface area contributed by atoms with Crippen LogP contribution in [-0.2, 0) is 27.3 Å². The van der Waals surface area contributed by atoms with E-state index in [4.69, 9.17) is 37.4 Å². The molecule has 0 aromatic heterocycles. The van der Waals surface area contributed by atoms with Crippen molar-refractivity contribution in [2.45, 2.75) is 53.2 Å². The van der Waals surface area contributed by atoms with E-state index in [9.17, 15) is 14.7 Å². The standard InChI is InChI=1S/C33H40Cl2N2O6/c1-5-42-31(32(38)39)19-25-7-9-29(10-8-25)43-14-12-37(33(40)36-30-16-23(3)22(2)15-24(30)4)11-6-13-41-21-26-17-27(34)20-28(35)18-26/h7-10,15-18,20,31H,5-6,11-14,19,21H2,1-4H3,(H,36,40)(H,38,39). The zero-order valence-electron chi connectivity index (χ0n) is 25.1. The monoisotopic (exact) mass is 630 g/mol. The van der Waals surface area contributed by atoms with Crippen LogP contribution >= 0.6 is 23.2 Å². The van der Waals surface area contributed by atoms with Gasteiger partial charge in [-0.25, -0.2) is 9.59 Å². The summed E-state index contributed by atoms with van der Waals surface area (Å²) in [4.78, 5) is 26.4. The van der Waals surface area contributed by atoms with E-state index in [2.05, 4.69) is 11.4 Å². The maximum atomic E-state index is 13.3. The van der Waals surface area contributed by atoms with Gasteiger partial charge in [-0.05, 0) is 98.3 Å². The van der Waals surface area contributed by atoms with Gasteiger partial charge in [-0.15, -0.1) is 0 Å². The summed E-state index contributed by atoms with van der Waals surface area (Å²) in [6.45, 7) is 10.0. The topological polar surface area (TPSA) is 97.3 Å². The van der Waals surface area contributed by atoms with Crippen molar-refractivity contribution in [2.75, 3.05) is 38.2 Å². The van der Waals surface area contributed by atoms with Gasteiger partial charge in [0.05, 0.1) is 13.2 Å². The van der Waals surface area contributed by atoms with Crippen molar-refractivity contribution in [2.24, 2.45) is 0 Å². The number of urea groups is 1. The minimum Gasteiger partial charge on any atom is -0.492 e. The van der Waals surface area contributed by atoms with Gasteiger partial charge in [0.1, 0.15) is 12.4 Å². The quantitative estimate of drug-likeness (QED) is 0.159. The van der Waals surface area contributed by atoms with Gasteiger partial charge in [-0.1, -0.05) is 41.4 Å². The molecule has 1 unspecified atom stereocenters. The summed E-state index contributed by atoms with van der Waals surface area (Å²) < 4.78 is 17.0. The van der Waals surface area contributed by atoms with Crippen LogP contribution < -0.4 is 10.1 Å². The molecule has 3 rings (SSSR count). The number of anilines is 1. The van der Waals surface area contributed by atoms with Crippen LogP contribution in [0.15, 0.2) is 54.6 Å². The highest BCUT2D eigenvalue weighted by Crippen LogP contribution is 2.22. The lowest BCUT2D eigenvalue weighted by molar-refractivity contribution is -0.149. The summed E-state index contributed by atoms with van der Waals surface area (Å²) >= 11 is 12.2. The van der Waals surface area contributed by atoms with Gasteiger partial charge < -0.3 is 29.5 Å². The number of amides is 2. The molecule has 8 nitrogen and oxygen atoms in total. The molecule has 0 aliphatic rings. The number of hydrogen-bond donors (Lipinski definition) is 2. The third-order valence-corrected chi connectivity index (χ3v) is 7.33. The van der Waals surface area contributed by atoms with Crippen LogP contribution in [0.5, 0.6) is 5.75 Å². The molecule has 232 valence electrons. The molecule has 2 amide bonds. The molecule has 10 heteroatoms. The Kier molecular flexibility index (Phi) is 13.6. The number of halogens is 2. The van der Waals surface area contributed by atoms with Crippen LogP contribution in [0, 0.1) is 20.8 Å². The fraction of sp³-hybridized carbons (Fsp3) is 0.394. The molecule has 3 aromatic carbocycles. The summed E-state index contributed by atoms with van der Waals surface area (Å²) in [7, 11) is 0. The molecule has 0 saturated heterocycles. The van der Waals surface area contributed by atoms with E-state index < -0.39 is 12.1 Å². The average Bonchev–Trinajstić information content (AvgIpc) is 2.94. The Morgan fingerprint density at radius 2 is 1.56 bits per heavy atom. The molecule has 0 fully saturated rings. The first-order chi connectivity index (χ1) is 20.5. The van der Waals surface area contributed by atoms with Gasteiger partial charge in [0, 0.05) is 41.9 Å². The average molecular weight is 632 g/mol. The first-order valence-corrected chi connectivity index (χ1v) is 15.0. The lowest BCUT2D eigenvalue weighted by Gasteiger charge is -2.24. The molecule has 0 saturated carbocycles. The predicted octanol–water partition coefficient (Wildman–Crippen LogP) is 7.47. The van der Waals surface area contributed by atoms with Crippen LogP contribution in [0.4, 0.5) is 10.5 Å². The van der Waals surface area contributed by atoms with Crippen LogP contribution in [0.1, 0.15) is 41.2 Å². The SMILES string of the molecule is CCOC(Cc1ccc(OCCN(CCCOCc2cc(Cl)cc(Cl)c2)C(=O)Nc2cc(C)c(C)cc2C)cc1)C(=O)O. The second-order valence-corrected chi connectivity index (χ2v) is 11.2. The molecule has 43 heavy (non-hydrogen) atoms. The molecule has 0 bridgehead atoms. The number of ether oxygens (including phenoxy) is 3. The van der Waals surface area contributed by atoms with Crippen molar-refractivity contribution in [3.05, 3.63) is 92.5 Å². The molecule has 0 aliphatic heterocycles.